The molecule has 2 bridgehead atoms. The van der Waals surface area contributed by atoms with Gasteiger partial charge in [-0.1, -0.05) is 24.6 Å². The molecule has 2 fully saturated rings. The Bertz CT molecular complexity index is 429. The fourth-order valence-electron chi connectivity index (χ4n) is 3.47. The van der Waals surface area contributed by atoms with Crippen molar-refractivity contribution in [3.05, 3.63) is 30.3 Å². The highest BCUT2D eigenvalue weighted by Crippen LogP contribution is 2.60. The molecule has 1 aromatic rings. The van der Waals surface area contributed by atoms with Crippen molar-refractivity contribution in [1.82, 2.24) is 0 Å². The van der Waals surface area contributed by atoms with Crippen LogP contribution in [-0.4, -0.2) is 10.6 Å². The Morgan fingerprint density at radius 1 is 1.12 bits per heavy atom. The lowest BCUT2D eigenvalue weighted by Gasteiger charge is -2.26. The van der Waals surface area contributed by atoms with Gasteiger partial charge in [-0.25, -0.2) is 0 Å². The van der Waals surface area contributed by atoms with Crippen molar-refractivity contribution in [3.8, 4) is 0 Å². The summed E-state index contributed by atoms with van der Waals surface area (Å²) in [4.78, 5) is 10.4. The van der Waals surface area contributed by atoms with E-state index >= 15 is 0 Å². The van der Waals surface area contributed by atoms with Gasteiger partial charge in [-0.3, -0.25) is 4.57 Å². The molecule has 3 rings (SSSR count). The second kappa shape index (κ2) is 3.72. The Kier molecular flexibility index (Phi) is 2.45. The number of fused-ring (bicyclic) bond motifs is 2. The van der Waals surface area contributed by atoms with E-state index in [2.05, 4.69) is 0 Å². The van der Waals surface area contributed by atoms with Gasteiger partial charge in [0.05, 0.1) is 0 Å². The number of rotatable bonds is 2. The van der Waals surface area contributed by atoms with Crippen molar-refractivity contribution in [2.45, 2.75) is 31.3 Å². The van der Waals surface area contributed by atoms with Crippen LogP contribution in [0.2, 0.25) is 0 Å². The van der Waals surface area contributed by atoms with Crippen molar-refractivity contribution in [1.29, 1.82) is 0 Å². The summed E-state index contributed by atoms with van der Waals surface area (Å²) in [5.41, 5.74) is 0.0358. The number of hydrogen-bond acceptors (Lipinski definition) is 1. The smallest absolute Gasteiger partial charge is 0.232 e. The van der Waals surface area contributed by atoms with E-state index in [4.69, 9.17) is 0 Å². The fraction of sp³-hybridized carbons (Fsp3) is 0.538. The highest BCUT2D eigenvalue weighted by Gasteiger charge is 2.48. The van der Waals surface area contributed by atoms with Gasteiger partial charge in [0.25, 0.3) is 0 Å². The SMILES string of the molecule is O=P(O)(c1ccccc1)C1CC2CCC1C2. The second-order valence-electron chi connectivity index (χ2n) is 5.20. The largest absolute Gasteiger partial charge is 0.341 e. The van der Waals surface area contributed by atoms with E-state index in [1.54, 1.807) is 12.1 Å². The Labute approximate surface area is 96.1 Å². The van der Waals surface area contributed by atoms with Crippen molar-refractivity contribution in [3.63, 3.8) is 0 Å². The normalized spacial score (nSPS) is 36.2. The lowest BCUT2D eigenvalue weighted by Crippen LogP contribution is -2.22. The molecule has 0 amide bonds. The summed E-state index contributed by atoms with van der Waals surface area (Å²) in [5, 5.41) is 0.646. The molecule has 4 atom stereocenters. The maximum atomic E-state index is 12.6. The van der Waals surface area contributed by atoms with Gasteiger partial charge in [-0.2, -0.15) is 0 Å². The summed E-state index contributed by atoms with van der Waals surface area (Å²) in [6, 6.07) is 9.20. The average Bonchev–Trinajstić information content (AvgIpc) is 2.92. The molecule has 4 unspecified atom stereocenters. The molecule has 1 aromatic carbocycles. The summed E-state index contributed by atoms with van der Waals surface area (Å²) in [6.45, 7) is 0. The summed E-state index contributed by atoms with van der Waals surface area (Å²) >= 11 is 0. The molecule has 2 aliphatic rings. The van der Waals surface area contributed by atoms with Gasteiger partial charge >= 0.3 is 0 Å². The van der Waals surface area contributed by atoms with Gasteiger partial charge < -0.3 is 4.89 Å². The third kappa shape index (κ3) is 1.56. The first-order valence-corrected chi connectivity index (χ1v) is 7.79. The van der Waals surface area contributed by atoms with Crippen LogP contribution < -0.4 is 5.30 Å². The van der Waals surface area contributed by atoms with Crippen LogP contribution in [-0.2, 0) is 4.57 Å². The predicted molar refractivity (Wildman–Crippen MR) is 65.1 cm³/mol. The first kappa shape index (κ1) is 10.6. The van der Waals surface area contributed by atoms with Crippen LogP contribution in [0.3, 0.4) is 0 Å². The Balaban J connectivity index is 1.92. The zero-order chi connectivity index (χ0) is 11.2. The van der Waals surface area contributed by atoms with Gasteiger partial charge in [-0.05, 0) is 43.2 Å². The van der Waals surface area contributed by atoms with Gasteiger partial charge in [-0.15, -0.1) is 0 Å². The maximum absolute atomic E-state index is 12.6. The molecule has 0 saturated heterocycles. The van der Waals surface area contributed by atoms with Crippen molar-refractivity contribution < 1.29 is 9.46 Å². The molecule has 16 heavy (non-hydrogen) atoms. The van der Waals surface area contributed by atoms with Crippen molar-refractivity contribution in [2.24, 2.45) is 11.8 Å². The zero-order valence-corrected chi connectivity index (χ0v) is 10.1. The van der Waals surface area contributed by atoms with Crippen molar-refractivity contribution >= 4 is 12.7 Å². The lowest BCUT2D eigenvalue weighted by atomic mass is 10.0. The third-order valence-electron chi connectivity index (χ3n) is 4.28. The summed E-state index contributed by atoms with van der Waals surface area (Å²) in [5.74, 6) is 1.22. The summed E-state index contributed by atoms with van der Waals surface area (Å²) < 4.78 is 12.6. The Hall–Kier alpha value is -0.590. The molecular formula is C13H17O2P. The zero-order valence-electron chi connectivity index (χ0n) is 9.25. The lowest BCUT2D eigenvalue weighted by molar-refractivity contribution is 0.419. The van der Waals surface area contributed by atoms with Gasteiger partial charge in [0, 0.05) is 11.0 Å². The van der Waals surface area contributed by atoms with E-state index in [0.717, 1.165) is 18.8 Å². The highest BCUT2D eigenvalue weighted by atomic mass is 31.2. The molecule has 0 spiro atoms. The molecule has 0 radical (unpaired) electrons. The van der Waals surface area contributed by atoms with Crippen LogP contribution in [0.15, 0.2) is 30.3 Å². The van der Waals surface area contributed by atoms with Crippen LogP contribution >= 0.6 is 7.37 Å². The van der Waals surface area contributed by atoms with Gasteiger partial charge in [0.1, 0.15) is 0 Å². The summed E-state index contributed by atoms with van der Waals surface area (Å²) in [7, 11) is -3.13. The summed E-state index contributed by atoms with van der Waals surface area (Å²) in [6.07, 6.45) is 4.58. The Morgan fingerprint density at radius 3 is 2.44 bits per heavy atom. The van der Waals surface area contributed by atoms with E-state index in [-0.39, 0.29) is 5.66 Å². The molecule has 0 aliphatic heterocycles. The molecule has 86 valence electrons. The molecule has 0 heterocycles. The van der Waals surface area contributed by atoms with E-state index in [1.165, 1.54) is 12.8 Å². The fourth-order valence-corrected chi connectivity index (χ4v) is 5.88. The minimum Gasteiger partial charge on any atom is -0.341 e. The molecule has 2 nitrogen and oxygen atoms in total. The van der Waals surface area contributed by atoms with Gasteiger partial charge in [0.15, 0.2) is 0 Å². The molecular weight excluding hydrogens is 219 g/mol. The molecule has 2 saturated carbocycles. The standard InChI is InChI=1S/C13H17O2P/c14-16(15,12-4-2-1-3-5-12)13-9-10-6-7-11(13)8-10/h1-5,10-11,13H,6-9H2,(H,14,15). The average molecular weight is 236 g/mol. The molecule has 3 heteroatoms. The van der Waals surface area contributed by atoms with Crippen LogP contribution in [0.4, 0.5) is 0 Å². The molecule has 0 aromatic heterocycles. The van der Waals surface area contributed by atoms with E-state index in [1.807, 2.05) is 18.2 Å². The van der Waals surface area contributed by atoms with Crippen LogP contribution in [0.1, 0.15) is 25.7 Å². The monoisotopic (exact) mass is 236 g/mol. The minimum atomic E-state index is -3.13. The predicted octanol–water partition coefficient (Wildman–Crippen LogP) is 2.77. The third-order valence-corrected chi connectivity index (χ3v) is 6.85. The number of benzene rings is 1. The topological polar surface area (TPSA) is 37.3 Å². The first-order chi connectivity index (χ1) is 7.68. The van der Waals surface area contributed by atoms with E-state index in [9.17, 15) is 9.46 Å². The highest BCUT2D eigenvalue weighted by molar-refractivity contribution is 7.66. The minimum absolute atomic E-state index is 0.0358. The van der Waals surface area contributed by atoms with Crippen LogP contribution in [0.25, 0.3) is 0 Å². The number of hydrogen-bond donors (Lipinski definition) is 1. The van der Waals surface area contributed by atoms with Gasteiger partial charge in [0.2, 0.25) is 7.37 Å². The quantitative estimate of drug-likeness (QED) is 0.802. The van der Waals surface area contributed by atoms with Crippen LogP contribution in [0.5, 0.6) is 0 Å². The van der Waals surface area contributed by atoms with E-state index in [0.29, 0.717) is 11.2 Å². The first-order valence-electron chi connectivity index (χ1n) is 6.06. The Morgan fingerprint density at radius 2 is 1.88 bits per heavy atom. The van der Waals surface area contributed by atoms with E-state index < -0.39 is 7.37 Å². The molecule has 2 aliphatic carbocycles. The van der Waals surface area contributed by atoms with Crippen LogP contribution in [0, 0.1) is 11.8 Å². The second-order valence-corrected chi connectivity index (χ2v) is 7.63. The van der Waals surface area contributed by atoms with Crippen molar-refractivity contribution in [2.75, 3.05) is 0 Å². The molecule has 1 N–H and O–H groups in total. The maximum Gasteiger partial charge on any atom is 0.232 e.